The lowest BCUT2D eigenvalue weighted by Gasteiger charge is -2.23. The van der Waals surface area contributed by atoms with Crippen molar-refractivity contribution >= 4 is 22.5 Å². The maximum atomic E-state index is 13.3. The number of fused-ring (bicyclic) bond motifs is 1. The Kier molecular flexibility index (Phi) is 5.53. The van der Waals surface area contributed by atoms with Crippen LogP contribution in [0.2, 0.25) is 0 Å². The van der Waals surface area contributed by atoms with Crippen molar-refractivity contribution in [1.29, 1.82) is 0 Å². The molecule has 4 rings (SSSR count). The molecule has 0 spiro atoms. The first-order valence-electron chi connectivity index (χ1n) is 10.2. The molecule has 0 saturated carbocycles. The highest BCUT2D eigenvalue weighted by Gasteiger charge is 2.36. The van der Waals surface area contributed by atoms with Crippen LogP contribution >= 0.6 is 0 Å². The van der Waals surface area contributed by atoms with Crippen molar-refractivity contribution in [3.63, 3.8) is 0 Å². The van der Waals surface area contributed by atoms with Gasteiger partial charge in [0.1, 0.15) is 0 Å². The summed E-state index contributed by atoms with van der Waals surface area (Å²) in [6.07, 6.45) is -3.97. The minimum Gasteiger partial charge on any atom is -0.369 e. The number of halogens is 3. The lowest BCUT2D eigenvalue weighted by atomic mass is 10.1. The summed E-state index contributed by atoms with van der Waals surface area (Å²) < 4.78 is 41.0. The van der Waals surface area contributed by atoms with E-state index in [4.69, 9.17) is 0 Å². The molecule has 1 aromatic heterocycles. The molecule has 1 fully saturated rings. The smallest absolute Gasteiger partial charge is 0.369 e. The summed E-state index contributed by atoms with van der Waals surface area (Å²) in [5.74, 6) is -0.427. The van der Waals surface area contributed by atoms with E-state index >= 15 is 0 Å². The van der Waals surface area contributed by atoms with Crippen molar-refractivity contribution in [2.45, 2.75) is 32.1 Å². The summed E-state index contributed by atoms with van der Waals surface area (Å²) in [4.78, 5) is 41.3. The SMILES string of the molecule is CCn1c(=O)[nH]c2cc(C(=O)NC3CCN(c4ccccc4C(F)(F)F)C3)ccc2c1=O. The molecule has 0 bridgehead atoms. The monoisotopic (exact) mass is 446 g/mol. The van der Waals surface area contributed by atoms with Crippen LogP contribution in [0.25, 0.3) is 10.9 Å². The summed E-state index contributed by atoms with van der Waals surface area (Å²) in [6, 6.07) is 9.43. The van der Waals surface area contributed by atoms with E-state index in [9.17, 15) is 27.6 Å². The molecule has 0 aliphatic carbocycles. The van der Waals surface area contributed by atoms with E-state index in [1.807, 2.05) is 0 Å². The third-order valence-corrected chi connectivity index (χ3v) is 5.63. The zero-order chi connectivity index (χ0) is 23.0. The van der Waals surface area contributed by atoms with Crippen LogP contribution in [0, 0.1) is 0 Å². The summed E-state index contributed by atoms with van der Waals surface area (Å²) >= 11 is 0. The fourth-order valence-corrected chi connectivity index (χ4v) is 4.04. The highest BCUT2D eigenvalue weighted by Crippen LogP contribution is 2.37. The number of H-pyrrole nitrogens is 1. The highest BCUT2D eigenvalue weighted by molar-refractivity contribution is 5.97. The maximum Gasteiger partial charge on any atom is 0.418 e. The van der Waals surface area contributed by atoms with Gasteiger partial charge in [0.15, 0.2) is 0 Å². The lowest BCUT2D eigenvalue weighted by Crippen LogP contribution is -2.37. The van der Waals surface area contributed by atoms with Gasteiger partial charge in [-0.1, -0.05) is 12.1 Å². The number of anilines is 1. The van der Waals surface area contributed by atoms with Gasteiger partial charge in [-0.05, 0) is 43.7 Å². The van der Waals surface area contributed by atoms with Crippen molar-refractivity contribution in [1.82, 2.24) is 14.9 Å². The van der Waals surface area contributed by atoms with E-state index < -0.39 is 28.9 Å². The van der Waals surface area contributed by atoms with Gasteiger partial charge in [0.25, 0.3) is 11.5 Å². The van der Waals surface area contributed by atoms with E-state index in [1.54, 1.807) is 17.9 Å². The number of alkyl halides is 3. The zero-order valence-corrected chi connectivity index (χ0v) is 17.2. The average molecular weight is 446 g/mol. The Morgan fingerprint density at radius 3 is 2.66 bits per heavy atom. The van der Waals surface area contributed by atoms with Crippen LogP contribution in [0.5, 0.6) is 0 Å². The minimum absolute atomic E-state index is 0.0900. The molecule has 1 aliphatic heterocycles. The van der Waals surface area contributed by atoms with Gasteiger partial charge in [-0.2, -0.15) is 13.2 Å². The van der Waals surface area contributed by atoms with Gasteiger partial charge in [0, 0.05) is 36.9 Å². The molecule has 1 saturated heterocycles. The Morgan fingerprint density at radius 2 is 1.94 bits per heavy atom. The van der Waals surface area contributed by atoms with Gasteiger partial charge in [-0.15, -0.1) is 0 Å². The minimum atomic E-state index is -4.46. The summed E-state index contributed by atoms with van der Waals surface area (Å²) in [6.45, 7) is 2.52. The molecule has 2 heterocycles. The molecule has 2 N–H and O–H groups in total. The lowest BCUT2D eigenvalue weighted by molar-refractivity contribution is -0.137. The van der Waals surface area contributed by atoms with Crippen molar-refractivity contribution in [3.05, 3.63) is 74.4 Å². The standard InChI is InChI=1S/C22H21F3N4O3/c1-2-29-20(31)15-8-7-13(11-17(15)27-21(29)32)19(30)26-14-9-10-28(12-14)18-6-4-3-5-16(18)22(23,24)25/h3-8,11,14H,2,9-10,12H2,1H3,(H,26,30)(H,27,32). The average Bonchev–Trinajstić information content (AvgIpc) is 3.21. The normalized spacial score (nSPS) is 16.5. The number of nitrogens with zero attached hydrogens (tertiary/aromatic N) is 2. The van der Waals surface area contributed by atoms with Crippen molar-refractivity contribution in [2.24, 2.45) is 0 Å². The zero-order valence-electron chi connectivity index (χ0n) is 17.2. The maximum absolute atomic E-state index is 13.3. The predicted octanol–water partition coefficient (Wildman–Crippen LogP) is 2.74. The second kappa shape index (κ2) is 8.18. The molecule has 1 amide bonds. The first kappa shape index (κ1) is 21.7. The van der Waals surface area contributed by atoms with Crippen LogP contribution in [-0.2, 0) is 12.7 Å². The summed E-state index contributed by atoms with van der Waals surface area (Å²) in [5, 5.41) is 3.12. The van der Waals surface area contributed by atoms with Crippen molar-refractivity contribution in [3.8, 4) is 0 Å². The van der Waals surface area contributed by atoms with E-state index in [0.717, 1.165) is 10.6 Å². The van der Waals surface area contributed by atoms with Gasteiger partial charge in [-0.25, -0.2) is 4.79 Å². The van der Waals surface area contributed by atoms with Gasteiger partial charge in [0.05, 0.1) is 16.5 Å². The van der Waals surface area contributed by atoms with Gasteiger partial charge in [-0.3, -0.25) is 14.2 Å². The number of carbonyl (C=O) groups excluding carboxylic acids is 1. The highest BCUT2D eigenvalue weighted by atomic mass is 19.4. The second-order valence-corrected chi connectivity index (χ2v) is 7.66. The molecule has 1 aliphatic rings. The molecule has 1 atom stereocenters. The van der Waals surface area contributed by atoms with E-state index in [-0.39, 0.29) is 35.9 Å². The third kappa shape index (κ3) is 4.00. The van der Waals surface area contributed by atoms with Gasteiger partial charge >= 0.3 is 11.9 Å². The van der Waals surface area contributed by atoms with Crippen LogP contribution in [0.3, 0.4) is 0 Å². The van der Waals surface area contributed by atoms with Crippen molar-refractivity contribution in [2.75, 3.05) is 18.0 Å². The van der Waals surface area contributed by atoms with Gasteiger partial charge < -0.3 is 15.2 Å². The largest absolute Gasteiger partial charge is 0.418 e. The predicted molar refractivity (Wildman–Crippen MR) is 114 cm³/mol. The Bertz CT molecular complexity index is 1300. The molecule has 0 radical (unpaired) electrons. The Hall–Kier alpha value is -3.56. The molecule has 7 nitrogen and oxygen atoms in total. The van der Waals surface area contributed by atoms with Crippen LogP contribution in [0.15, 0.2) is 52.1 Å². The Morgan fingerprint density at radius 1 is 1.19 bits per heavy atom. The van der Waals surface area contributed by atoms with Crippen molar-refractivity contribution < 1.29 is 18.0 Å². The van der Waals surface area contributed by atoms with Gasteiger partial charge in [0.2, 0.25) is 0 Å². The van der Waals surface area contributed by atoms with E-state index in [1.165, 1.54) is 30.3 Å². The number of benzene rings is 2. The number of hydrogen-bond acceptors (Lipinski definition) is 4. The summed E-state index contributed by atoms with van der Waals surface area (Å²) in [5.41, 5.74) is -1.11. The van der Waals surface area contributed by atoms with Crippen LogP contribution in [0.1, 0.15) is 29.3 Å². The second-order valence-electron chi connectivity index (χ2n) is 7.66. The molecule has 10 heteroatoms. The molecule has 2 aromatic carbocycles. The number of aromatic nitrogens is 2. The van der Waals surface area contributed by atoms with E-state index in [0.29, 0.717) is 18.4 Å². The number of carbonyl (C=O) groups is 1. The van der Waals surface area contributed by atoms with E-state index in [2.05, 4.69) is 10.3 Å². The quantitative estimate of drug-likeness (QED) is 0.645. The molecular weight excluding hydrogens is 425 g/mol. The summed E-state index contributed by atoms with van der Waals surface area (Å²) in [7, 11) is 0. The molecular formula is C22H21F3N4O3. The number of nitrogens with one attached hydrogen (secondary N) is 2. The Labute approximate surface area is 180 Å². The van der Waals surface area contributed by atoms with Crippen LogP contribution in [-0.4, -0.2) is 34.6 Å². The topological polar surface area (TPSA) is 87.2 Å². The number of hydrogen-bond donors (Lipinski definition) is 2. The molecule has 32 heavy (non-hydrogen) atoms. The Balaban J connectivity index is 1.52. The number of para-hydroxylation sites is 1. The fourth-order valence-electron chi connectivity index (χ4n) is 4.04. The fraction of sp³-hybridized carbons (Fsp3) is 0.318. The number of aromatic amines is 1. The molecule has 3 aromatic rings. The van der Waals surface area contributed by atoms with Crippen LogP contribution < -0.4 is 21.5 Å². The number of amides is 1. The molecule has 1 unspecified atom stereocenters. The molecule has 168 valence electrons. The van der Waals surface area contributed by atoms with Crippen LogP contribution in [0.4, 0.5) is 18.9 Å². The third-order valence-electron chi connectivity index (χ3n) is 5.63. The first-order valence-corrected chi connectivity index (χ1v) is 10.2. The first-order chi connectivity index (χ1) is 15.2. The number of rotatable bonds is 4.